The molecule has 3 N–H and O–H groups in total. The van der Waals surface area contributed by atoms with E-state index in [1.807, 2.05) is 26.0 Å². The topological polar surface area (TPSA) is 73.3 Å². The third-order valence-electron chi connectivity index (χ3n) is 3.62. The number of aromatic amines is 1. The zero-order chi connectivity index (χ0) is 16.7. The molecule has 1 rings (SSSR count). The second-order valence-corrected chi connectivity index (χ2v) is 5.76. The van der Waals surface area contributed by atoms with Gasteiger partial charge in [-0.1, -0.05) is 37.1 Å². The number of hydrogen-bond acceptors (Lipinski definition) is 3. The molecule has 1 aromatic rings. The summed E-state index contributed by atoms with van der Waals surface area (Å²) in [5.41, 5.74) is 2.93. The molecule has 4 nitrogen and oxygen atoms in total. The standard InChI is InChI=1S/C18H27NO3/c1-5-7-15-16(19-18(22)14(4)17(15)21)11-10-12(2)8-6-9-13(3)20/h6,9-10,13,20H,5,7-8,11H2,1-4H3,(H2,19,21,22)/b9-6+,12-10+/t13-/m0/s1. The molecule has 0 radical (unpaired) electrons. The number of H-pyrrole nitrogens is 1. The fourth-order valence-corrected chi connectivity index (χ4v) is 2.29. The predicted octanol–water partition coefficient (Wildman–Crippen LogP) is 3.16. The van der Waals surface area contributed by atoms with Crippen LogP contribution in [-0.4, -0.2) is 21.3 Å². The molecule has 0 saturated carbocycles. The minimum atomic E-state index is -0.436. The van der Waals surface area contributed by atoms with E-state index in [0.29, 0.717) is 12.0 Å². The Morgan fingerprint density at radius 3 is 2.68 bits per heavy atom. The molecular weight excluding hydrogens is 278 g/mol. The lowest BCUT2D eigenvalue weighted by Gasteiger charge is -2.11. The lowest BCUT2D eigenvalue weighted by Crippen LogP contribution is -2.15. The highest BCUT2D eigenvalue weighted by Gasteiger charge is 2.12. The van der Waals surface area contributed by atoms with Crippen LogP contribution in [0.3, 0.4) is 0 Å². The van der Waals surface area contributed by atoms with Crippen molar-refractivity contribution in [1.29, 1.82) is 0 Å². The highest BCUT2D eigenvalue weighted by Crippen LogP contribution is 2.23. The third-order valence-corrected chi connectivity index (χ3v) is 3.62. The first-order chi connectivity index (χ1) is 10.4. The van der Waals surface area contributed by atoms with Crippen LogP contribution in [0.25, 0.3) is 0 Å². The van der Waals surface area contributed by atoms with Gasteiger partial charge in [0.25, 0.3) is 5.56 Å². The van der Waals surface area contributed by atoms with Crippen molar-refractivity contribution >= 4 is 0 Å². The van der Waals surface area contributed by atoms with Crippen molar-refractivity contribution in [1.82, 2.24) is 4.98 Å². The SMILES string of the molecule is CCCc1c(C/C=C(\C)C/C=C/[C@H](C)O)[nH]c(=O)c(C)c1O. The van der Waals surface area contributed by atoms with Crippen molar-refractivity contribution in [2.24, 2.45) is 0 Å². The number of pyridine rings is 1. The highest BCUT2D eigenvalue weighted by molar-refractivity contribution is 5.41. The van der Waals surface area contributed by atoms with Crippen LogP contribution in [0.1, 0.15) is 50.4 Å². The molecule has 22 heavy (non-hydrogen) atoms. The summed E-state index contributed by atoms with van der Waals surface area (Å²) in [7, 11) is 0. The van der Waals surface area contributed by atoms with Gasteiger partial charge in [0.05, 0.1) is 11.7 Å². The summed E-state index contributed by atoms with van der Waals surface area (Å²) in [6, 6.07) is 0. The number of aliphatic hydroxyl groups is 1. The van der Waals surface area contributed by atoms with Gasteiger partial charge in [-0.2, -0.15) is 0 Å². The van der Waals surface area contributed by atoms with E-state index in [1.54, 1.807) is 19.9 Å². The lowest BCUT2D eigenvalue weighted by atomic mass is 10.0. The van der Waals surface area contributed by atoms with Gasteiger partial charge >= 0.3 is 0 Å². The Balaban J connectivity index is 2.95. The van der Waals surface area contributed by atoms with E-state index in [-0.39, 0.29) is 11.3 Å². The molecule has 1 heterocycles. The maximum Gasteiger partial charge on any atom is 0.254 e. The van der Waals surface area contributed by atoms with Crippen LogP contribution in [0.15, 0.2) is 28.6 Å². The molecule has 0 aliphatic carbocycles. The van der Waals surface area contributed by atoms with E-state index < -0.39 is 6.10 Å². The Kier molecular flexibility index (Phi) is 7.12. The number of aliphatic hydroxyl groups excluding tert-OH is 1. The molecule has 0 saturated heterocycles. The number of rotatable bonds is 7. The highest BCUT2D eigenvalue weighted by atomic mass is 16.3. The lowest BCUT2D eigenvalue weighted by molar-refractivity contribution is 0.244. The van der Waals surface area contributed by atoms with Gasteiger partial charge in [0.15, 0.2) is 0 Å². The van der Waals surface area contributed by atoms with Crippen molar-refractivity contribution < 1.29 is 10.2 Å². The second kappa shape index (κ2) is 8.59. The van der Waals surface area contributed by atoms with Gasteiger partial charge in [0.2, 0.25) is 0 Å². The molecule has 0 aliphatic heterocycles. The van der Waals surface area contributed by atoms with Crippen LogP contribution < -0.4 is 5.56 Å². The average Bonchev–Trinajstić information content (AvgIpc) is 2.46. The minimum Gasteiger partial charge on any atom is -0.507 e. The van der Waals surface area contributed by atoms with E-state index in [4.69, 9.17) is 0 Å². The summed E-state index contributed by atoms with van der Waals surface area (Å²) in [6.07, 6.45) is 8.29. The van der Waals surface area contributed by atoms with Crippen LogP contribution in [0.5, 0.6) is 5.75 Å². The fraction of sp³-hybridized carbons (Fsp3) is 0.500. The molecule has 1 aromatic heterocycles. The zero-order valence-electron chi connectivity index (χ0n) is 13.9. The molecule has 0 bridgehead atoms. The number of aromatic nitrogens is 1. The van der Waals surface area contributed by atoms with E-state index in [1.165, 1.54) is 0 Å². The summed E-state index contributed by atoms with van der Waals surface area (Å²) < 4.78 is 0. The van der Waals surface area contributed by atoms with Gasteiger partial charge < -0.3 is 15.2 Å². The Morgan fingerprint density at radius 1 is 1.41 bits per heavy atom. The summed E-state index contributed by atoms with van der Waals surface area (Å²) in [4.78, 5) is 14.7. The number of hydrogen-bond donors (Lipinski definition) is 3. The maximum absolute atomic E-state index is 11.8. The first kappa shape index (κ1) is 18.2. The molecule has 0 aliphatic rings. The molecular formula is C18H27NO3. The molecule has 122 valence electrons. The number of nitrogens with one attached hydrogen (secondary N) is 1. The van der Waals surface area contributed by atoms with E-state index in [2.05, 4.69) is 4.98 Å². The normalized spacial score (nSPS) is 13.8. The molecule has 0 unspecified atom stereocenters. The molecule has 0 fully saturated rings. The number of aromatic hydroxyl groups is 1. The third kappa shape index (κ3) is 5.19. The Hall–Kier alpha value is -1.81. The fourth-order valence-electron chi connectivity index (χ4n) is 2.29. The minimum absolute atomic E-state index is 0.126. The van der Waals surface area contributed by atoms with Gasteiger partial charge in [0.1, 0.15) is 5.75 Å². The summed E-state index contributed by atoms with van der Waals surface area (Å²) in [6.45, 7) is 7.41. The van der Waals surface area contributed by atoms with Crippen LogP contribution >= 0.6 is 0 Å². The first-order valence-electron chi connectivity index (χ1n) is 7.80. The summed E-state index contributed by atoms with van der Waals surface area (Å²) in [5.74, 6) is 0.126. The molecule has 0 spiro atoms. The van der Waals surface area contributed by atoms with Crippen LogP contribution in [0.2, 0.25) is 0 Å². The van der Waals surface area contributed by atoms with Gasteiger partial charge in [-0.05, 0) is 33.6 Å². The molecule has 4 heteroatoms. The van der Waals surface area contributed by atoms with Crippen molar-refractivity contribution in [3.05, 3.63) is 51.0 Å². The smallest absolute Gasteiger partial charge is 0.254 e. The quantitative estimate of drug-likeness (QED) is 0.677. The predicted molar refractivity (Wildman–Crippen MR) is 90.4 cm³/mol. The van der Waals surface area contributed by atoms with E-state index in [9.17, 15) is 15.0 Å². The van der Waals surface area contributed by atoms with Crippen molar-refractivity contribution in [2.45, 2.75) is 59.5 Å². The van der Waals surface area contributed by atoms with Crippen molar-refractivity contribution in [3.63, 3.8) is 0 Å². The first-order valence-corrected chi connectivity index (χ1v) is 7.80. The van der Waals surface area contributed by atoms with E-state index >= 15 is 0 Å². The van der Waals surface area contributed by atoms with Crippen LogP contribution in [0.4, 0.5) is 0 Å². The Morgan fingerprint density at radius 2 is 2.09 bits per heavy atom. The molecule has 1 atom stereocenters. The van der Waals surface area contributed by atoms with Crippen molar-refractivity contribution in [2.75, 3.05) is 0 Å². The van der Waals surface area contributed by atoms with Crippen molar-refractivity contribution in [3.8, 4) is 5.75 Å². The second-order valence-electron chi connectivity index (χ2n) is 5.76. The largest absolute Gasteiger partial charge is 0.507 e. The maximum atomic E-state index is 11.8. The van der Waals surface area contributed by atoms with Gasteiger partial charge in [-0.25, -0.2) is 0 Å². The summed E-state index contributed by atoms with van der Waals surface area (Å²) in [5, 5.41) is 19.4. The Labute approximate surface area is 132 Å². The van der Waals surface area contributed by atoms with Gasteiger partial charge in [0, 0.05) is 17.7 Å². The van der Waals surface area contributed by atoms with Gasteiger partial charge in [-0.15, -0.1) is 0 Å². The zero-order valence-corrected chi connectivity index (χ0v) is 13.9. The van der Waals surface area contributed by atoms with E-state index in [0.717, 1.165) is 36.1 Å². The summed E-state index contributed by atoms with van der Waals surface area (Å²) >= 11 is 0. The Bertz CT molecular complexity index is 609. The average molecular weight is 305 g/mol. The molecule has 0 amide bonds. The monoisotopic (exact) mass is 305 g/mol. The van der Waals surface area contributed by atoms with Gasteiger partial charge in [-0.3, -0.25) is 4.79 Å². The van der Waals surface area contributed by atoms with Crippen LogP contribution in [-0.2, 0) is 12.8 Å². The molecule has 0 aromatic carbocycles. The number of allylic oxidation sites excluding steroid dienone is 3. The van der Waals surface area contributed by atoms with Crippen LogP contribution in [0, 0.1) is 6.92 Å².